The Morgan fingerprint density at radius 1 is 1.08 bits per heavy atom. The number of allylic oxidation sites excluding steroid dienone is 2. The van der Waals surface area contributed by atoms with Gasteiger partial charge in [0.15, 0.2) is 11.7 Å². The van der Waals surface area contributed by atoms with Gasteiger partial charge in [-0.05, 0) is 43.4 Å². The first-order chi connectivity index (χ1) is 17.2. The van der Waals surface area contributed by atoms with Gasteiger partial charge in [-0.25, -0.2) is 4.99 Å². The standard InChI is InChI=1S/C26H34N4O5S/c1-4-21(16-27-19-36(3)35)11-7-6-10-14-24(32)28-17-25(33)29-18-26(34)30-23(20(2)31)15-22-12-8-5-9-13-22/h4-5,8-9,12-13,16,23H,6,10,14-15,17-19H2,1-3H3,(H,28,32)(H,29,33)(H,30,34)/b21-4-,27-16-/t23-,36?/m0/s1. The van der Waals surface area contributed by atoms with Crippen molar-refractivity contribution in [3.8, 4) is 11.8 Å². The summed E-state index contributed by atoms with van der Waals surface area (Å²) < 4.78 is 11.0. The quantitative estimate of drug-likeness (QED) is 0.147. The van der Waals surface area contributed by atoms with Crippen LogP contribution in [0.4, 0.5) is 0 Å². The highest BCUT2D eigenvalue weighted by molar-refractivity contribution is 7.90. The maximum atomic E-state index is 12.1. The van der Waals surface area contributed by atoms with Gasteiger partial charge in [-0.3, -0.25) is 19.2 Å². The predicted molar refractivity (Wildman–Crippen MR) is 142 cm³/mol. The van der Waals surface area contributed by atoms with Crippen molar-refractivity contribution >= 4 is 40.9 Å². The molecular formula is C26H34N4O5S. The SMILES string of the molecule is C/C=C(C#CCCCC(=O)NCC(=O)NCC(=O)N[C@@H](Cc1ccccc1)C(C)=O)\C=N/C[S+](C)[O-]. The summed E-state index contributed by atoms with van der Waals surface area (Å²) in [6, 6.07) is 8.63. The van der Waals surface area contributed by atoms with E-state index in [4.69, 9.17) is 0 Å². The fourth-order valence-corrected chi connectivity index (χ4v) is 3.11. The summed E-state index contributed by atoms with van der Waals surface area (Å²) in [7, 11) is 0. The van der Waals surface area contributed by atoms with Crippen LogP contribution in [-0.4, -0.2) is 65.5 Å². The molecule has 0 saturated carbocycles. The molecule has 3 N–H and O–H groups in total. The van der Waals surface area contributed by atoms with Crippen molar-refractivity contribution < 1.29 is 23.7 Å². The number of carbonyl (C=O) groups is 4. The Labute approximate surface area is 215 Å². The van der Waals surface area contributed by atoms with E-state index in [2.05, 4.69) is 32.8 Å². The van der Waals surface area contributed by atoms with Crippen molar-refractivity contribution in [1.29, 1.82) is 0 Å². The van der Waals surface area contributed by atoms with E-state index in [0.29, 0.717) is 24.8 Å². The van der Waals surface area contributed by atoms with Crippen LogP contribution in [0.1, 0.15) is 38.7 Å². The molecular weight excluding hydrogens is 480 g/mol. The molecule has 0 radical (unpaired) electrons. The maximum Gasteiger partial charge on any atom is 0.239 e. The van der Waals surface area contributed by atoms with Crippen LogP contribution in [0.3, 0.4) is 0 Å². The molecule has 0 bridgehead atoms. The highest BCUT2D eigenvalue weighted by atomic mass is 32.2. The number of nitrogens with zero attached hydrogens (tertiary/aromatic N) is 1. The molecule has 1 aromatic rings. The van der Waals surface area contributed by atoms with E-state index in [-0.39, 0.29) is 37.1 Å². The van der Waals surface area contributed by atoms with E-state index in [1.807, 2.05) is 37.3 Å². The van der Waals surface area contributed by atoms with E-state index in [1.165, 1.54) is 6.92 Å². The van der Waals surface area contributed by atoms with E-state index < -0.39 is 29.0 Å². The van der Waals surface area contributed by atoms with Crippen LogP contribution in [0.5, 0.6) is 0 Å². The summed E-state index contributed by atoms with van der Waals surface area (Å²) in [6.07, 6.45) is 6.52. The molecule has 0 aliphatic heterocycles. The van der Waals surface area contributed by atoms with Gasteiger partial charge in [0, 0.05) is 24.6 Å². The third kappa shape index (κ3) is 14.8. The van der Waals surface area contributed by atoms with Crippen molar-refractivity contribution in [2.75, 3.05) is 25.2 Å². The zero-order valence-corrected chi connectivity index (χ0v) is 21.8. The van der Waals surface area contributed by atoms with Gasteiger partial charge < -0.3 is 20.5 Å². The first kappa shape index (κ1) is 30.6. The molecule has 0 aliphatic rings. The van der Waals surface area contributed by atoms with Gasteiger partial charge in [0.05, 0.1) is 25.4 Å². The van der Waals surface area contributed by atoms with Crippen LogP contribution in [-0.2, 0) is 36.8 Å². The molecule has 0 saturated heterocycles. The molecule has 10 heteroatoms. The molecule has 0 spiro atoms. The number of Topliss-reactive ketones (excluding diaryl/α,β-unsaturated/α-hetero) is 1. The lowest BCUT2D eigenvalue weighted by atomic mass is 10.0. The molecule has 0 aromatic heterocycles. The Hall–Kier alpha value is -3.42. The third-order valence-corrected chi connectivity index (χ3v) is 5.25. The van der Waals surface area contributed by atoms with E-state index in [0.717, 1.165) is 5.56 Å². The first-order valence-corrected chi connectivity index (χ1v) is 13.3. The molecule has 0 heterocycles. The number of benzene rings is 1. The van der Waals surface area contributed by atoms with Crippen LogP contribution < -0.4 is 16.0 Å². The highest BCUT2D eigenvalue weighted by Crippen LogP contribution is 2.04. The Kier molecular flexibility index (Phi) is 15.2. The summed E-state index contributed by atoms with van der Waals surface area (Å²) in [4.78, 5) is 51.9. The number of amides is 3. The normalized spacial score (nSPS) is 12.7. The zero-order chi connectivity index (χ0) is 26.8. The lowest BCUT2D eigenvalue weighted by Crippen LogP contribution is -2.47. The molecule has 1 rings (SSSR count). The topological polar surface area (TPSA) is 140 Å². The number of hydrogen-bond acceptors (Lipinski definition) is 6. The third-order valence-electron chi connectivity index (χ3n) is 4.74. The molecule has 1 aromatic carbocycles. The largest absolute Gasteiger partial charge is 0.615 e. The lowest BCUT2D eigenvalue weighted by molar-refractivity contribution is -0.129. The second-order valence-electron chi connectivity index (χ2n) is 7.89. The van der Waals surface area contributed by atoms with Crippen molar-refractivity contribution in [2.24, 2.45) is 4.99 Å². The van der Waals surface area contributed by atoms with E-state index in [1.54, 1.807) is 18.5 Å². The van der Waals surface area contributed by atoms with Crippen molar-refractivity contribution in [1.82, 2.24) is 16.0 Å². The Morgan fingerprint density at radius 3 is 2.39 bits per heavy atom. The Bertz CT molecular complexity index is 997. The van der Waals surface area contributed by atoms with Gasteiger partial charge >= 0.3 is 0 Å². The minimum absolute atomic E-state index is 0.181. The van der Waals surface area contributed by atoms with Crippen molar-refractivity contribution in [2.45, 2.75) is 45.6 Å². The summed E-state index contributed by atoms with van der Waals surface area (Å²) in [5.41, 5.74) is 1.62. The molecule has 36 heavy (non-hydrogen) atoms. The Balaban J connectivity index is 2.27. The highest BCUT2D eigenvalue weighted by Gasteiger charge is 2.18. The average molecular weight is 515 g/mol. The molecule has 0 fully saturated rings. The number of aliphatic imine (C=N–C) groups is 1. The molecule has 2 atom stereocenters. The fraction of sp³-hybridized carbons (Fsp3) is 0.423. The van der Waals surface area contributed by atoms with Gasteiger partial charge in [-0.2, -0.15) is 0 Å². The minimum Gasteiger partial charge on any atom is -0.615 e. The molecule has 9 nitrogen and oxygen atoms in total. The van der Waals surface area contributed by atoms with Crippen molar-refractivity contribution in [3.05, 3.63) is 47.5 Å². The zero-order valence-electron chi connectivity index (χ0n) is 21.0. The Morgan fingerprint density at radius 2 is 1.75 bits per heavy atom. The fourth-order valence-electron chi connectivity index (χ4n) is 2.82. The van der Waals surface area contributed by atoms with Crippen molar-refractivity contribution in [3.63, 3.8) is 0 Å². The van der Waals surface area contributed by atoms with Crippen LogP contribution in [0.15, 0.2) is 47.0 Å². The number of unbranched alkanes of at least 4 members (excludes halogenated alkanes) is 1. The smallest absolute Gasteiger partial charge is 0.239 e. The monoisotopic (exact) mass is 514 g/mol. The predicted octanol–water partition coefficient (Wildman–Crippen LogP) is 1.06. The number of ketones is 1. The molecule has 1 unspecified atom stereocenters. The molecule has 3 amide bonds. The average Bonchev–Trinajstić information content (AvgIpc) is 2.84. The first-order valence-electron chi connectivity index (χ1n) is 11.5. The van der Waals surface area contributed by atoms with Gasteiger partial charge in [0.2, 0.25) is 17.7 Å². The van der Waals surface area contributed by atoms with Crippen LogP contribution in [0, 0.1) is 11.8 Å². The number of carbonyl (C=O) groups excluding carboxylic acids is 4. The number of rotatable bonds is 14. The van der Waals surface area contributed by atoms with Crippen LogP contribution in [0.2, 0.25) is 0 Å². The number of hydrogen-bond donors (Lipinski definition) is 3. The van der Waals surface area contributed by atoms with Gasteiger partial charge in [-0.1, -0.05) is 48.2 Å². The van der Waals surface area contributed by atoms with Crippen LogP contribution >= 0.6 is 0 Å². The summed E-state index contributed by atoms with van der Waals surface area (Å²) in [6.45, 7) is 2.68. The minimum atomic E-state index is -0.997. The summed E-state index contributed by atoms with van der Waals surface area (Å²) in [5.74, 6) is 4.64. The summed E-state index contributed by atoms with van der Waals surface area (Å²) >= 11 is -0.997. The lowest BCUT2D eigenvalue weighted by Gasteiger charge is -2.16. The van der Waals surface area contributed by atoms with Gasteiger partial charge in [0.25, 0.3) is 0 Å². The second-order valence-corrected chi connectivity index (χ2v) is 9.29. The van der Waals surface area contributed by atoms with E-state index >= 15 is 0 Å². The summed E-state index contributed by atoms with van der Waals surface area (Å²) in [5, 5.41) is 7.55. The van der Waals surface area contributed by atoms with Crippen LogP contribution in [0.25, 0.3) is 0 Å². The maximum absolute atomic E-state index is 12.1. The van der Waals surface area contributed by atoms with Gasteiger partial charge in [-0.15, -0.1) is 0 Å². The number of nitrogens with one attached hydrogen (secondary N) is 3. The second kappa shape index (κ2) is 17.9. The molecule has 194 valence electrons. The van der Waals surface area contributed by atoms with E-state index in [9.17, 15) is 23.7 Å². The van der Waals surface area contributed by atoms with Gasteiger partial charge in [0.1, 0.15) is 0 Å². The molecule has 0 aliphatic carbocycles.